The molecule has 26 heavy (non-hydrogen) atoms. The Labute approximate surface area is 153 Å². The van der Waals surface area contributed by atoms with E-state index in [9.17, 15) is 9.59 Å². The molecule has 138 valence electrons. The first-order chi connectivity index (χ1) is 12.5. The Morgan fingerprint density at radius 1 is 1.04 bits per heavy atom. The molecule has 0 aliphatic carbocycles. The van der Waals surface area contributed by atoms with Crippen LogP contribution in [0.15, 0.2) is 42.5 Å². The summed E-state index contributed by atoms with van der Waals surface area (Å²) in [7, 11) is 2.79. The molecule has 0 fully saturated rings. The van der Waals surface area contributed by atoms with Crippen molar-refractivity contribution < 1.29 is 23.8 Å². The molecular formula is C20H23NO5. The van der Waals surface area contributed by atoms with Gasteiger partial charge in [-0.1, -0.05) is 23.8 Å². The average molecular weight is 357 g/mol. The molecule has 0 aliphatic heterocycles. The third-order valence-electron chi connectivity index (χ3n) is 3.78. The SMILES string of the molecule is COC(=O)c1cc(CNC(=O)CCOc2ccc(C)cc2)ccc1OC. The highest BCUT2D eigenvalue weighted by molar-refractivity contribution is 5.92. The normalized spacial score (nSPS) is 10.1. The van der Waals surface area contributed by atoms with Crippen LogP contribution in [0.2, 0.25) is 0 Å². The van der Waals surface area contributed by atoms with E-state index in [2.05, 4.69) is 5.32 Å². The Bertz CT molecular complexity index is 755. The molecule has 0 saturated carbocycles. The van der Waals surface area contributed by atoms with E-state index in [-0.39, 0.29) is 12.3 Å². The van der Waals surface area contributed by atoms with Crippen LogP contribution < -0.4 is 14.8 Å². The highest BCUT2D eigenvalue weighted by Crippen LogP contribution is 2.20. The second-order valence-corrected chi connectivity index (χ2v) is 5.71. The maximum Gasteiger partial charge on any atom is 0.341 e. The lowest BCUT2D eigenvalue weighted by atomic mass is 10.1. The molecule has 2 aromatic rings. The Kier molecular flexibility index (Phi) is 7.02. The van der Waals surface area contributed by atoms with Gasteiger partial charge in [0, 0.05) is 6.54 Å². The molecule has 0 aromatic heterocycles. The molecule has 0 atom stereocenters. The summed E-state index contributed by atoms with van der Waals surface area (Å²) in [4.78, 5) is 23.7. The summed E-state index contributed by atoms with van der Waals surface area (Å²) < 4.78 is 15.4. The number of benzene rings is 2. The minimum atomic E-state index is -0.485. The number of rotatable bonds is 8. The Balaban J connectivity index is 1.83. The minimum Gasteiger partial charge on any atom is -0.496 e. The van der Waals surface area contributed by atoms with Crippen molar-refractivity contribution in [3.63, 3.8) is 0 Å². The van der Waals surface area contributed by atoms with Crippen LogP contribution in [0.5, 0.6) is 11.5 Å². The molecule has 6 nitrogen and oxygen atoms in total. The fourth-order valence-electron chi connectivity index (χ4n) is 2.32. The summed E-state index contributed by atoms with van der Waals surface area (Å²) in [6.45, 7) is 2.60. The van der Waals surface area contributed by atoms with Crippen LogP contribution in [0, 0.1) is 6.92 Å². The molecular weight excluding hydrogens is 334 g/mol. The number of amides is 1. The van der Waals surface area contributed by atoms with Gasteiger partial charge in [-0.15, -0.1) is 0 Å². The summed E-state index contributed by atoms with van der Waals surface area (Å²) in [5.41, 5.74) is 2.25. The molecule has 1 amide bonds. The van der Waals surface area contributed by atoms with Crippen molar-refractivity contribution in [1.29, 1.82) is 0 Å². The van der Waals surface area contributed by atoms with Gasteiger partial charge in [-0.25, -0.2) is 4.79 Å². The predicted octanol–water partition coefficient (Wildman–Crippen LogP) is 2.88. The van der Waals surface area contributed by atoms with Gasteiger partial charge in [0.15, 0.2) is 0 Å². The number of carbonyl (C=O) groups excluding carboxylic acids is 2. The summed E-state index contributed by atoms with van der Waals surface area (Å²) in [5, 5.41) is 2.80. The number of hydrogen-bond donors (Lipinski definition) is 1. The van der Waals surface area contributed by atoms with Crippen LogP contribution in [0.25, 0.3) is 0 Å². The molecule has 0 saturated heterocycles. The number of ether oxygens (including phenoxy) is 3. The molecule has 0 radical (unpaired) electrons. The maximum atomic E-state index is 12.0. The Morgan fingerprint density at radius 2 is 1.77 bits per heavy atom. The molecule has 0 unspecified atom stereocenters. The number of aryl methyl sites for hydroxylation is 1. The molecule has 6 heteroatoms. The van der Waals surface area contributed by atoms with Crippen LogP contribution >= 0.6 is 0 Å². The lowest BCUT2D eigenvalue weighted by Gasteiger charge is -2.10. The molecule has 1 N–H and O–H groups in total. The van der Waals surface area contributed by atoms with Crippen molar-refractivity contribution in [3.8, 4) is 11.5 Å². The van der Waals surface area contributed by atoms with Crippen LogP contribution in [-0.2, 0) is 16.1 Å². The van der Waals surface area contributed by atoms with Gasteiger partial charge in [0.2, 0.25) is 5.91 Å². The van der Waals surface area contributed by atoms with Crippen molar-refractivity contribution in [3.05, 3.63) is 59.2 Å². The van der Waals surface area contributed by atoms with E-state index < -0.39 is 5.97 Å². The van der Waals surface area contributed by atoms with Crippen molar-refractivity contribution >= 4 is 11.9 Å². The third kappa shape index (κ3) is 5.51. The summed E-state index contributed by atoms with van der Waals surface area (Å²) in [6, 6.07) is 12.8. The number of methoxy groups -OCH3 is 2. The second-order valence-electron chi connectivity index (χ2n) is 5.71. The smallest absolute Gasteiger partial charge is 0.341 e. The van der Waals surface area contributed by atoms with Crippen LogP contribution in [0.1, 0.15) is 27.9 Å². The van der Waals surface area contributed by atoms with Gasteiger partial charge in [0.1, 0.15) is 17.1 Å². The van der Waals surface area contributed by atoms with Crippen molar-refractivity contribution in [1.82, 2.24) is 5.32 Å². The highest BCUT2D eigenvalue weighted by Gasteiger charge is 2.13. The topological polar surface area (TPSA) is 73.9 Å². The van der Waals surface area contributed by atoms with E-state index in [1.165, 1.54) is 14.2 Å². The number of hydrogen-bond acceptors (Lipinski definition) is 5. The summed E-state index contributed by atoms with van der Waals surface area (Å²) >= 11 is 0. The lowest BCUT2D eigenvalue weighted by molar-refractivity contribution is -0.121. The third-order valence-corrected chi connectivity index (χ3v) is 3.78. The van der Waals surface area contributed by atoms with Gasteiger partial charge in [0.05, 0.1) is 27.2 Å². The van der Waals surface area contributed by atoms with Gasteiger partial charge in [0.25, 0.3) is 0 Å². The van der Waals surface area contributed by atoms with E-state index >= 15 is 0 Å². The van der Waals surface area contributed by atoms with Crippen LogP contribution in [0.4, 0.5) is 0 Å². The predicted molar refractivity (Wildman–Crippen MR) is 97.5 cm³/mol. The number of carbonyl (C=O) groups is 2. The largest absolute Gasteiger partial charge is 0.496 e. The second kappa shape index (κ2) is 9.46. The maximum absolute atomic E-state index is 12.0. The molecule has 0 spiro atoms. The molecule has 0 bridgehead atoms. The van der Waals surface area contributed by atoms with E-state index in [1.807, 2.05) is 31.2 Å². The first-order valence-corrected chi connectivity index (χ1v) is 8.25. The van der Waals surface area contributed by atoms with Crippen molar-refractivity contribution in [2.45, 2.75) is 19.9 Å². The number of nitrogens with one attached hydrogen (secondary N) is 1. The minimum absolute atomic E-state index is 0.132. The highest BCUT2D eigenvalue weighted by atomic mass is 16.5. The zero-order valence-electron chi connectivity index (χ0n) is 15.2. The zero-order valence-corrected chi connectivity index (χ0v) is 15.2. The Hall–Kier alpha value is -3.02. The van der Waals surface area contributed by atoms with E-state index in [4.69, 9.17) is 14.2 Å². The van der Waals surface area contributed by atoms with Gasteiger partial charge in [-0.3, -0.25) is 4.79 Å². The lowest BCUT2D eigenvalue weighted by Crippen LogP contribution is -2.24. The van der Waals surface area contributed by atoms with Gasteiger partial charge in [-0.2, -0.15) is 0 Å². The van der Waals surface area contributed by atoms with Gasteiger partial charge >= 0.3 is 5.97 Å². The van der Waals surface area contributed by atoms with Crippen molar-refractivity contribution in [2.24, 2.45) is 0 Å². The quantitative estimate of drug-likeness (QED) is 0.736. The fourth-order valence-corrected chi connectivity index (χ4v) is 2.32. The summed E-state index contributed by atoms with van der Waals surface area (Å²) in [6.07, 6.45) is 0.244. The van der Waals surface area contributed by atoms with E-state index in [0.29, 0.717) is 24.5 Å². The molecule has 2 rings (SSSR count). The molecule has 0 aliphatic rings. The molecule has 2 aromatic carbocycles. The molecule has 0 heterocycles. The first kappa shape index (κ1) is 19.3. The van der Waals surface area contributed by atoms with E-state index in [1.54, 1.807) is 18.2 Å². The number of esters is 1. The van der Waals surface area contributed by atoms with Crippen molar-refractivity contribution in [2.75, 3.05) is 20.8 Å². The summed E-state index contributed by atoms with van der Waals surface area (Å²) in [5.74, 6) is 0.550. The fraction of sp³-hybridized carbons (Fsp3) is 0.300. The van der Waals surface area contributed by atoms with Crippen LogP contribution in [-0.4, -0.2) is 32.7 Å². The monoisotopic (exact) mass is 357 g/mol. The standard InChI is InChI=1S/C20H23NO5/c1-14-4-7-16(8-5-14)26-11-10-19(22)21-13-15-6-9-18(24-2)17(12-15)20(23)25-3/h4-9,12H,10-11,13H2,1-3H3,(H,21,22). The van der Waals surface area contributed by atoms with Gasteiger partial charge in [-0.05, 0) is 36.8 Å². The van der Waals surface area contributed by atoms with Crippen LogP contribution in [0.3, 0.4) is 0 Å². The average Bonchev–Trinajstić information content (AvgIpc) is 2.67. The zero-order chi connectivity index (χ0) is 18.9. The van der Waals surface area contributed by atoms with Gasteiger partial charge < -0.3 is 19.5 Å². The van der Waals surface area contributed by atoms with E-state index in [0.717, 1.165) is 16.9 Å². The first-order valence-electron chi connectivity index (χ1n) is 8.25. The Morgan fingerprint density at radius 3 is 2.42 bits per heavy atom.